The van der Waals surface area contributed by atoms with Crippen LogP contribution < -0.4 is 15.2 Å². The molecular weight excluding hydrogens is 226 g/mol. The van der Waals surface area contributed by atoms with Crippen LogP contribution in [0.4, 0.5) is 0 Å². The Hall–Kier alpha value is -1.22. The zero-order valence-corrected chi connectivity index (χ0v) is 11.5. The third-order valence-corrected chi connectivity index (χ3v) is 3.03. The van der Waals surface area contributed by atoms with E-state index >= 15 is 0 Å². The molecule has 2 N–H and O–H groups in total. The smallest absolute Gasteiger partial charge is 0.161 e. The molecule has 0 fully saturated rings. The highest BCUT2D eigenvalue weighted by Crippen LogP contribution is 2.34. The summed E-state index contributed by atoms with van der Waals surface area (Å²) >= 11 is 0. The van der Waals surface area contributed by atoms with Gasteiger partial charge in [-0.25, -0.2) is 0 Å². The Labute approximate surface area is 109 Å². The Kier molecular flexibility index (Phi) is 3.81. The van der Waals surface area contributed by atoms with Gasteiger partial charge in [0.15, 0.2) is 11.5 Å². The van der Waals surface area contributed by atoms with E-state index in [2.05, 4.69) is 20.8 Å². The molecule has 3 heteroatoms. The molecule has 2 rings (SSSR count). The summed E-state index contributed by atoms with van der Waals surface area (Å²) in [6, 6.07) is 6.08. The van der Waals surface area contributed by atoms with Crippen molar-refractivity contribution >= 4 is 0 Å². The molecule has 0 bridgehead atoms. The minimum absolute atomic E-state index is 0.0437. The molecule has 0 aliphatic carbocycles. The maximum atomic E-state index is 6.26. The summed E-state index contributed by atoms with van der Waals surface area (Å²) in [6.07, 6.45) is 1.88. The highest BCUT2D eigenvalue weighted by Gasteiger charge is 2.19. The first-order valence-corrected chi connectivity index (χ1v) is 6.61. The largest absolute Gasteiger partial charge is 0.490 e. The average molecular weight is 249 g/mol. The molecule has 0 spiro atoms. The first-order chi connectivity index (χ1) is 8.46. The van der Waals surface area contributed by atoms with Crippen molar-refractivity contribution in [3.05, 3.63) is 23.8 Å². The molecule has 0 saturated heterocycles. The predicted molar refractivity (Wildman–Crippen MR) is 73.0 cm³/mol. The summed E-state index contributed by atoms with van der Waals surface area (Å²) in [7, 11) is 0. The Bertz CT molecular complexity index is 409. The van der Waals surface area contributed by atoms with Crippen molar-refractivity contribution < 1.29 is 9.47 Å². The van der Waals surface area contributed by atoms with Gasteiger partial charge in [0, 0.05) is 12.5 Å². The molecule has 0 aromatic heterocycles. The zero-order chi connectivity index (χ0) is 13.2. The van der Waals surface area contributed by atoms with Gasteiger partial charge in [0.1, 0.15) is 0 Å². The van der Waals surface area contributed by atoms with Crippen LogP contribution in [0.5, 0.6) is 11.5 Å². The van der Waals surface area contributed by atoms with Crippen LogP contribution in [0.3, 0.4) is 0 Å². The summed E-state index contributed by atoms with van der Waals surface area (Å²) in [5.41, 5.74) is 7.60. The van der Waals surface area contributed by atoms with Crippen LogP contribution in [0, 0.1) is 5.41 Å². The molecule has 18 heavy (non-hydrogen) atoms. The standard InChI is InChI=1S/C15H23NO2/c1-15(2,3)10-12(16)11-5-6-13-14(9-11)18-8-4-7-17-13/h5-6,9,12H,4,7-8,10,16H2,1-3H3. The molecular formula is C15H23NO2. The van der Waals surface area contributed by atoms with E-state index in [1.165, 1.54) is 0 Å². The second-order valence-corrected chi connectivity index (χ2v) is 6.13. The van der Waals surface area contributed by atoms with E-state index in [0.717, 1.165) is 36.5 Å². The topological polar surface area (TPSA) is 44.5 Å². The second-order valence-electron chi connectivity index (χ2n) is 6.13. The summed E-state index contributed by atoms with van der Waals surface area (Å²) in [5, 5.41) is 0. The first-order valence-electron chi connectivity index (χ1n) is 6.61. The van der Waals surface area contributed by atoms with Crippen molar-refractivity contribution in [1.29, 1.82) is 0 Å². The zero-order valence-electron chi connectivity index (χ0n) is 11.5. The average Bonchev–Trinajstić information content (AvgIpc) is 2.50. The maximum absolute atomic E-state index is 6.26. The van der Waals surface area contributed by atoms with Crippen LogP contribution in [0.1, 0.15) is 45.2 Å². The van der Waals surface area contributed by atoms with E-state index < -0.39 is 0 Å². The quantitative estimate of drug-likeness (QED) is 0.874. The summed E-state index contributed by atoms with van der Waals surface area (Å²) in [5.74, 6) is 1.66. The van der Waals surface area contributed by atoms with Gasteiger partial charge in [0.25, 0.3) is 0 Å². The molecule has 0 amide bonds. The van der Waals surface area contributed by atoms with Crippen LogP contribution in [0.15, 0.2) is 18.2 Å². The molecule has 3 nitrogen and oxygen atoms in total. The summed E-state index contributed by atoms with van der Waals surface area (Å²) in [6.45, 7) is 8.05. The fourth-order valence-corrected chi connectivity index (χ4v) is 2.19. The Morgan fingerprint density at radius 2 is 1.83 bits per heavy atom. The predicted octanol–water partition coefficient (Wildman–Crippen LogP) is 3.28. The second kappa shape index (κ2) is 5.19. The Morgan fingerprint density at radius 3 is 2.50 bits per heavy atom. The van der Waals surface area contributed by atoms with Gasteiger partial charge in [-0.1, -0.05) is 26.8 Å². The number of benzene rings is 1. The third kappa shape index (κ3) is 3.39. The van der Waals surface area contributed by atoms with E-state index in [-0.39, 0.29) is 11.5 Å². The lowest BCUT2D eigenvalue weighted by molar-refractivity contribution is 0.296. The molecule has 1 unspecified atom stereocenters. The van der Waals surface area contributed by atoms with E-state index in [9.17, 15) is 0 Å². The van der Waals surface area contributed by atoms with Gasteiger partial charge < -0.3 is 15.2 Å². The van der Waals surface area contributed by atoms with Gasteiger partial charge >= 0.3 is 0 Å². The van der Waals surface area contributed by atoms with Crippen molar-refractivity contribution in [2.24, 2.45) is 11.1 Å². The van der Waals surface area contributed by atoms with Gasteiger partial charge in [-0.3, -0.25) is 0 Å². The fraction of sp³-hybridized carbons (Fsp3) is 0.600. The number of fused-ring (bicyclic) bond motifs is 1. The highest BCUT2D eigenvalue weighted by molar-refractivity contribution is 5.44. The number of nitrogens with two attached hydrogens (primary N) is 1. The minimum atomic E-state index is 0.0437. The SMILES string of the molecule is CC(C)(C)CC(N)c1ccc2c(c1)OCCCO2. The molecule has 1 heterocycles. The summed E-state index contributed by atoms with van der Waals surface area (Å²) < 4.78 is 11.3. The third-order valence-electron chi connectivity index (χ3n) is 3.03. The van der Waals surface area contributed by atoms with E-state index in [1.54, 1.807) is 0 Å². The minimum Gasteiger partial charge on any atom is -0.490 e. The molecule has 1 aliphatic rings. The molecule has 1 aromatic carbocycles. The molecule has 1 atom stereocenters. The highest BCUT2D eigenvalue weighted by atomic mass is 16.5. The van der Waals surface area contributed by atoms with E-state index in [0.29, 0.717) is 6.61 Å². The fourth-order valence-electron chi connectivity index (χ4n) is 2.19. The van der Waals surface area contributed by atoms with Crippen molar-refractivity contribution in [2.75, 3.05) is 13.2 Å². The molecule has 1 aliphatic heterocycles. The van der Waals surface area contributed by atoms with Gasteiger partial charge in [-0.05, 0) is 29.5 Å². The lowest BCUT2D eigenvalue weighted by Gasteiger charge is -2.23. The van der Waals surface area contributed by atoms with Crippen molar-refractivity contribution in [2.45, 2.75) is 39.7 Å². The van der Waals surface area contributed by atoms with Gasteiger partial charge in [0.2, 0.25) is 0 Å². The number of rotatable bonds is 2. The summed E-state index contributed by atoms with van der Waals surface area (Å²) in [4.78, 5) is 0. The van der Waals surface area contributed by atoms with Crippen molar-refractivity contribution in [1.82, 2.24) is 0 Å². The monoisotopic (exact) mass is 249 g/mol. The van der Waals surface area contributed by atoms with Gasteiger partial charge in [-0.2, -0.15) is 0 Å². The van der Waals surface area contributed by atoms with E-state index in [1.807, 2.05) is 18.2 Å². The molecule has 0 saturated carbocycles. The van der Waals surface area contributed by atoms with Crippen LogP contribution >= 0.6 is 0 Å². The Balaban J connectivity index is 2.17. The van der Waals surface area contributed by atoms with Crippen molar-refractivity contribution in [3.63, 3.8) is 0 Å². The lowest BCUT2D eigenvalue weighted by Crippen LogP contribution is -2.18. The first kappa shape index (κ1) is 13.2. The van der Waals surface area contributed by atoms with E-state index in [4.69, 9.17) is 15.2 Å². The molecule has 100 valence electrons. The van der Waals surface area contributed by atoms with Crippen LogP contribution in [0.2, 0.25) is 0 Å². The maximum Gasteiger partial charge on any atom is 0.161 e. The number of ether oxygens (including phenoxy) is 2. The van der Waals surface area contributed by atoms with Crippen LogP contribution in [-0.2, 0) is 0 Å². The van der Waals surface area contributed by atoms with Gasteiger partial charge in [0.05, 0.1) is 13.2 Å². The van der Waals surface area contributed by atoms with Crippen molar-refractivity contribution in [3.8, 4) is 11.5 Å². The Morgan fingerprint density at radius 1 is 1.17 bits per heavy atom. The van der Waals surface area contributed by atoms with Crippen LogP contribution in [0.25, 0.3) is 0 Å². The lowest BCUT2D eigenvalue weighted by atomic mass is 9.86. The normalized spacial score (nSPS) is 17.1. The number of hydrogen-bond acceptors (Lipinski definition) is 3. The van der Waals surface area contributed by atoms with Gasteiger partial charge in [-0.15, -0.1) is 0 Å². The van der Waals surface area contributed by atoms with Crippen LogP contribution in [-0.4, -0.2) is 13.2 Å². The molecule has 0 radical (unpaired) electrons. The number of hydrogen-bond donors (Lipinski definition) is 1. The molecule has 1 aromatic rings.